The Morgan fingerprint density at radius 1 is 1.21 bits per heavy atom. The van der Waals surface area contributed by atoms with E-state index in [1.807, 2.05) is 28.8 Å². The molecule has 0 spiro atoms. The predicted molar refractivity (Wildman–Crippen MR) is 144 cm³/mol. The number of carbonyl (C=O) groups excluding carboxylic acids is 1. The summed E-state index contributed by atoms with van der Waals surface area (Å²) >= 11 is 5.81. The zero-order valence-corrected chi connectivity index (χ0v) is 23.0. The number of ether oxygens (including phenoxy) is 1. The van der Waals surface area contributed by atoms with Crippen LogP contribution in [0.15, 0.2) is 77.0 Å². The zero-order valence-electron chi connectivity index (χ0n) is 19.7. The van der Waals surface area contributed by atoms with E-state index in [1.165, 1.54) is 29.2 Å². The van der Waals surface area contributed by atoms with Crippen molar-refractivity contribution in [2.75, 3.05) is 11.1 Å². The van der Waals surface area contributed by atoms with Crippen LogP contribution >= 0.6 is 39.0 Å². The fourth-order valence-electron chi connectivity index (χ4n) is 3.31. The Morgan fingerprint density at radius 2 is 2.00 bits per heavy atom. The first kappa shape index (κ1) is 27.9. The molecule has 1 amide bonds. The number of thiazole rings is 1. The molecule has 4 aromatic rings. The van der Waals surface area contributed by atoms with Crippen molar-refractivity contribution in [3.05, 3.63) is 93.7 Å². The number of amides is 1. The first-order valence-corrected chi connectivity index (χ1v) is 13.8. The number of thioether (sulfide) groups is 1. The van der Waals surface area contributed by atoms with Crippen molar-refractivity contribution in [1.82, 2.24) is 19.7 Å². The number of allylic oxidation sites excluding steroid dienone is 1. The standard InChI is InChI=1S/C25H21BrF3N5O2S2/c1-2-10-34-21(14-36-19-8-6-18(26)7-9-19)32-33-24(34)37-15-22(35)31-23-30-13-20(38-23)12-16-4-3-5-17(11-16)25(27,28)29/h2-9,11,13H,1,10,12,14-15H2,(H,30,31,35). The molecule has 4 rings (SSSR count). The molecule has 2 heterocycles. The summed E-state index contributed by atoms with van der Waals surface area (Å²) in [5.41, 5.74) is -0.184. The van der Waals surface area contributed by atoms with Crippen LogP contribution in [0, 0.1) is 0 Å². The molecule has 2 aromatic heterocycles. The second-order valence-corrected chi connectivity index (χ2v) is 10.9. The van der Waals surface area contributed by atoms with Gasteiger partial charge in [-0.05, 0) is 35.9 Å². The number of benzene rings is 2. The van der Waals surface area contributed by atoms with Crippen molar-refractivity contribution in [3.63, 3.8) is 0 Å². The third kappa shape index (κ3) is 7.68. The van der Waals surface area contributed by atoms with E-state index in [-0.39, 0.29) is 24.7 Å². The maximum Gasteiger partial charge on any atom is 0.416 e. The molecule has 2 aromatic carbocycles. The number of nitrogens with one attached hydrogen (secondary N) is 1. The number of carbonyl (C=O) groups is 1. The van der Waals surface area contributed by atoms with E-state index in [9.17, 15) is 18.0 Å². The minimum atomic E-state index is -4.40. The Hall–Kier alpha value is -3.16. The van der Waals surface area contributed by atoms with E-state index in [0.29, 0.717) is 34.0 Å². The van der Waals surface area contributed by atoms with Crippen LogP contribution in [0.3, 0.4) is 0 Å². The zero-order chi connectivity index (χ0) is 27.1. The molecule has 0 fully saturated rings. The average molecular weight is 625 g/mol. The number of anilines is 1. The van der Waals surface area contributed by atoms with Gasteiger partial charge in [0.15, 0.2) is 16.1 Å². The Balaban J connectivity index is 1.32. The van der Waals surface area contributed by atoms with Gasteiger partial charge in [-0.15, -0.1) is 28.1 Å². The van der Waals surface area contributed by atoms with Gasteiger partial charge in [-0.3, -0.25) is 9.36 Å². The molecular formula is C25H21BrF3N5O2S2. The summed E-state index contributed by atoms with van der Waals surface area (Å²) in [6.07, 6.45) is -0.865. The van der Waals surface area contributed by atoms with Gasteiger partial charge < -0.3 is 10.1 Å². The molecule has 0 aliphatic carbocycles. The van der Waals surface area contributed by atoms with Crippen LogP contribution < -0.4 is 10.1 Å². The summed E-state index contributed by atoms with van der Waals surface area (Å²) in [5, 5.41) is 12.0. The van der Waals surface area contributed by atoms with Gasteiger partial charge in [-0.1, -0.05) is 52.0 Å². The van der Waals surface area contributed by atoms with Crippen molar-refractivity contribution in [1.29, 1.82) is 0 Å². The monoisotopic (exact) mass is 623 g/mol. The van der Waals surface area contributed by atoms with Gasteiger partial charge in [0.1, 0.15) is 12.4 Å². The molecule has 0 saturated carbocycles. The van der Waals surface area contributed by atoms with Crippen molar-refractivity contribution < 1.29 is 22.7 Å². The molecule has 0 aliphatic heterocycles. The number of alkyl halides is 3. The van der Waals surface area contributed by atoms with Crippen LogP contribution in [0.2, 0.25) is 0 Å². The third-order valence-electron chi connectivity index (χ3n) is 5.05. The van der Waals surface area contributed by atoms with Crippen LogP contribution in [0.25, 0.3) is 0 Å². The number of nitrogens with zero attached hydrogens (tertiary/aromatic N) is 4. The summed E-state index contributed by atoms with van der Waals surface area (Å²) in [5.74, 6) is 1.04. The molecular weight excluding hydrogens is 603 g/mol. The van der Waals surface area contributed by atoms with E-state index in [1.54, 1.807) is 18.3 Å². The number of hydrogen-bond acceptors (Lipinski definition) is 7. The molecule has 38 heavy (non-hydrogen) atoms. The predicted octanol–water partition coefficient (Wildman–Crippen LogP) is 6.60. The summed E-state index contributed by atoms with van der Waals surface area (Å²) < 4.78 is 47.4. The Labute approximate surface area is 233 Å². The van der Waals surface area contributed by atoms with E-state index >= 15 is 0 Å². The van der Waals surface area contributed by atoms with Crippen molar-refractivity contribution >= 4 is 50.1 Å². The highest BCUT2D eigenvalue weighted by Crippen LogP contribution is 2.31. The number of halogens is 4. The fourth-order valence-corrected chi connectivity index (χ4v) is 5.21. The second kappa shape index (κ2) is 12.6. The van der Waals surface area contributed by atoms with Crippen molar-refractivity contribution in [3.8, 4) is 5.75 Å². The Bertz CT molecular complexity index is 1410. The molecule has 13 heteroatoms. The lowest BCUT2D eigenvalue weighted by molar-refractivity contribution is -0.137. The summed E-state index contributed by atoms with van der Waals surface area (Å²) in [6.45, 7) is 4.42. The first-order chi connectivity index (χ1) is 18.2. The van der Waals surface area contributed by atoms with Crippen LogP contribution in [-0.2, 0) is 30.5 Å². The summed E-state index contributed by atoms with van der Waals surface area (Å²) in [6, 6.07) is 12.6. The van der Waals surface area contributed by atoms with Gasteiger partial charge in [0, 0.05) is 28.5 Å². The number of aromatic nitrogens is 4. The van der Waals surface area contributed by atoms with Crippen LogP contribution in [0.1, 0.15) is 21.8 Å². The first-order valence-electron chi connectivity index (χ1n) is 11.2. The highest BCUT2D eigenvalue weighted by molar-refractivity contribution is 9.10. The highest BCUT2D eigenvalue weighted by atomic mass is 79.9. The minimum absolute atomic E-state index is 0.0609. The summed E-state index contributed by atoms with van der Waals surface area (Å²) in [7, 11) is 0. The second-order valence-electron chi connectivity index (χ2n) is 7.88. The van der Waals surface area contributed by atoms with Gasteiger partial charge in [0.2, 0.25) is 5.91 Å². The molecule has 7 nitrogen and oxygen atoms in total. The van der Waals surface area contributed by atoms with Gasteiger partial charge in [-0.25, -0.2) is 4.98 Å². The molecule has 0 aliphatic rings. The van der Waals surface area contributed by atoms with Crippen molar-refractivity contribution in [2.24, 2.45) is 0 Å². The van der Waals surface area contributed by atoms with E-state index < -0.39 is 11.7 Å². The fraction of sp³-hybridized carbons (Fsp3) is 0.200. The lowest BCUT2D eigenvalue weighted by Gasteiger charge is -2.09. The summed E-state index contributed by atoms with van der Waals surface area (Å²) in [4.78, 5) is 17.4. The SMILES string of the molecule is C=CCn1c(COc2ccc(Br)cc2)nnc1SCC(=O)Nc1ncc(Cc2cccc(C(F)(F)F)c2)s1. The normalized spacial score (nSPS) is 11.4. The Morgan fingerprint density at radius 3 is 2.74 bits per heavy atom. The topological polar surface area (TPSA) is 81.9 Å². The average Bonchev–Trinajstić information content (AvgIpc) is 3.48. The van der Waals surface area contributed by atoms with Crippen LogP contribution in [-0.4, -0.2) is 31.4 Å². The van der Waals surface area contributed by atoms with Gasteiger partial charge in [-0.2, -0.15) is 13.2 Å². The minimum Gasteiger partial charge on any atom is -0.486 e. The maximum absolute atomic E-state index is 13.0. The quantitative estimate of drug-likeness (QED) is 0.150. The van der Waals surface area contributed by atoms with E-state index in [0.717, 1.165) is 21.5 Å². The molecule has 0 saturated heterocycles. The van der Waals surface area contributed by atoms with Crippen LogP contribution in [0.5, 0.6) is 5.75 Å². The molecule has 1 N–H and O–H groups in total. The Kier molecular flexibility index (Phi) is 9.23. The largest absolute Gasteiger partial charge is 0.486 e. The molecule has 0 bridgehead atoms. The van der Waals surface area contributed by atoms with E-state index in [2.05, 4.69) is 43.0 Å². The molecule has 0 radical (unpaired) electrons. The lowest BCUT2D eigenvalue weighted by Crippen LogP contribution is -2.14. The highest BCUT2D eigenvalue weighted by Gasteiger charge is 2.30. The molecule has 0 atom stereocenters. The lowest BCUT2D eigenvalue weighted by atomic mass is 10.1. The molecule has 198 valence electrons. The van der Waals surface area contributed by atoms with Gasteiger partial charge in [0.25, 0.3) is 0 Å². The smallest absolute Gasteiger partial charge is 0.416 e. The van der Waals surface area contributed by atoms with Crippen LogP contribution in [0.4, 0.5) is 18.3 Å². The third-order valence-corrected chi connectivity index (χ3v) is 7.46. The number of hydrogen-bond donors (Lipinski definition) is 1. The maximum atomic E-state index is 13.0. The van der Waals surface area contributed by atoms with Gasteiger partial charge in [0.05, 0.1) is 11.3 Å². The molecule has 0 unspecified atom stereocenters. The van der Waals surface area contributed by atoms with E-state index in [4.69, 9.17) is 4.74 Å². The van der Waals surface area contributed by atoms with Gasteiger partial charge >= 0.3 is 6.18 Å². The number of rotatable bonds is 11. The van der Waals surface area contributed by atoms with Crippen molar-refractivity contribution in [2.45, 2.75) is 30.9 Å².